The average molecular weight is 517 g/mol. The molecule has 37 heavy (non-hydrogen) atoms. The van der Waals surface area contributed by atoms with Gasteiger partial charge >= 0.3 is 0 Å². The molecule has 1 aliphatic rings. The maximum Gasteiger partial charge on any atom is 0.221 e. The molecular formula is C31H33ClN2O3. The maximum atomic E-state index is 13.2. The van der Waals surface area contributed by atoms with E-state index in [1.54, 1.807) is 7.11 Å². The number of rotatable bonds is 9. The molecule has 192 valence electrons. The predicted octanol–water partition coefficient (Wildman–Crippen LogP) is 6.56. The molecule has 6 heteroatoms. The molecule has 0 bridgehead atoms. The van der Waals surface area contributed by atoms with Gasteiger partial charge in [0.05, 0.1) is 12.7 Å². The number of para-hydroxylation sites is 1. The van der Waals surface area contributed by atoms with Crippen LogP contribution in [0, 0.1) is 0 Å². The number of hydrogen-bond donors (Lipinski definition) is 1. The molecule has 1 fully saturated rings. The molecule has 0 aliphatic carbocycles. The second kappa shape index (κ2) is 11.0. The van der Waals surface area contributed by atoms with Crippen LogP contribution in [0.15, 0.2) is 79.0 Å². The first-order valence-electron chi connectivity index (χ1n) is 12.8. The zero-order valence-corrected chi connectivity index (χ0v) is 22.1. The van der Waals surface area contributed by atoms with Crippen molar-refractivity contribution < 1.29 is 14.3 Å². The molecule has 1 saturated heterocycles. The summed E-state index contributed by atoms with van der Waals surface area (Å²) in [4.78, 5) is 13.2. The Morgan fingerprint density at radius 2 is 1.86 bits per heavy atom. The van der Waals surface area contributed by atoms with Gasteiger partial charge in [-0.05, 0) is 66.8 Å². The second-order valence-corrected chi connectivity index (χ2v) is 10.5. The molecule has 5 rings (SSSR count). The topological polar surface area (TPSA) is 52.5 Å². The normalized spacial score (nSPS) is 18.1. The predicted molar refractivity (Wildman–Crippen MR) is 149 cm³/mol. The van der Waals surface area contributed by atoms with E-state index in [-0.39, 0.29) is 17.4 Å². The van der Waals surface area contributed by atoms with E-state index in [4.69, 9.17) is 21.1 Å². The fourth-order valence-corrected chi connectivity index (χ4v) is 5.36. The van der Waals surface area contributed by atoms with Gasteiger partial charge < -0.3 is 19.4 Å². The Kier molecular flexibility index (Phi) is 7.54. The number of ether oxygens (including phenoxy) is 2. The first-order valence-corrected chi connectivity index (χ1v) is 13.2. The molecule has 1 aliphatic heterocycles. The summed E-state index contributed by atoms with van der Waals surface area (Å²) >= 11 is 6.21. The van der Waals surface area contributed by atoms with E-state index >= 15 is 0 Å². The number of benzene rings is 3. The summed E-state index contributed by atoms with van der Waals surface area (Å²) in [5.41, 5.74) is 4.23. The molecule has 1 N–H and O–H groups in total. The van der Waals surface area contributed by atoms with E-state index in [0.717, 1.165) is 53.8 Å². The van der Waals surface area contributed by atoms with Crippen LogP contribution in [0.5, 0.6) is 5.75 Å². The van der Waals surface area contributed by atoms with Crippen molar-refractivity contribution in [3.63, 3.8) is 0 Å². The minimum Gasteiger partial charge on any atom is -0.497 e. The number of nitrogens with zero attached hydrogens (tertiary/aromatic N) is 1. The Labute approximate surface area is 223 Å². The lowest BCUT2D eigenvalue weighted by molar-refractivity contribution is -0.122. The van der Waals surface area contributed by atoms with Gasteiger partial charge in [-0.25, -0.2) is 0 Å². The zero-order chi connectivity index (χ0) is 25.8. The molecule has 4 aromatic rings. The minimum absolute atomic E-state index is 0.0173. The average Bonchev–Trinajstić information content (AvgIpc) is 3.51. The van der Waals surface area contributed by atoms with E-state index in [2.05, 4.69) is 59.4 Å². The molecule has 1 aromatic heterocycles. The number of fused-ring (bicyclic) bond motifs is 1. The number of carbonyl (C=O) groups is 1. The van der Waals surface area contributed by atoms with Crippen molar-refractivity contribution in [2.24, 2.45) is 0 Å². The summed E-state index contributed by atoms with van der Waals surface area (Å²) in [5, 5.41) is 4.97. The lowest BCUT2D eigenvalue weighted by Crippen LogP contribution is -2.40. The van der Waals surface area contributed by atoms with Crippen LogP contribution in [-0.2, 0) is 16.1 Å². The van der Waals surface area contributed by atoms with Crippen LogP contribution in [0.25, 0.3) is 10.9 Å². The highest BCUT2D eigenvalue weighted by Crippen LogP contribution is 2.36. The highest BCUT2D eigenvalue weighted by atomic mass is 35.5. The van der Waals surface area contributed by atoms with E-state index in [0.29, 0.717) is 18.0 Å². The van der Waals surface area contributed by atoms with Gasteiger partial charge in [-0.2, -0.15) is 0 Å². The number of carbonyl (C=O) groups excluding carboxylic acids is 1. The first kappa shape index (κ1) is 25.4. The molecule has 0 spiro atoms. The minimum atomic E-state index is -0.278. The van der Waals surface area contributed by atoms with Gasteiger partial charge in [0.25, 0.3) is 0 Å². The van der Waals surface area contributed by atoms with Crippen molar-refractivity contribution in [3.8, 4) is 5.75 Å². The van der Waals surface area contributed by atoms with Gasteiger partial charge in [-0.3, -0.25) is 4.79 Å². The third kappa shape index (κ3) is 5.84. The monoisotopic (exact) mass is 516 g/mol. The summed E-state index contributed by atoms with van der Waals surface area (Å²) < 4.78 is 13.5. The fourth-order valence-electron chi connectivity index (χ4n) is 5.23. The van der Waals surface area contributed by atoms with Crippen LogP contribution in [0.1, 0.15) is 48.8 Å². The summed E-state index contributed by atoms with van der Waals surface area (Å²) in [6.07, 6.45) is 4.54. The Morgan fingerprint density at radius 3 is 2.57 bits per heavy atom. The number of methoxy groups -OCH3 is 1. The van der Waals surface area contributed by atoms with Crippen molar-refractivity contribution in [2.75, 3.05) is 20.3 Å². The SMILES string of the molecule is COc1ccc(Cn2cc([C@H](CC(=O)NC[C@]3(C)CCCO3)c3ccc(Cl)cc3)c3ccccc32)cc1. The molecule has 2 atom stereocenters. The molecule has 1 amide bonds. The lowest BCUT2D eigenvalue weighted by atomic mass is 9.88. The van der Waals surface area contributed by atoms with Crippen molar-refractivity contribution in [1.29, 1.82) is 0 Å². The van der Waals surface area contributed by atoms with Gasteiger partial charge in [0.2, 0.25) is 5.91 Å². The highest BCUT2D eigenvalue weighted by molar-refractivity contribution is 6.30. The van der Waals surface area contributed by atoms with Gasteiger partial charge in [0.1, 0.15) is 5.75 Å². The Hall–Kier alpha value is -3.28. The van der Waals surface area contributed by atoms with Gasteiger partial charge in [0, 0.05) is 54.2 Å². The Balaban J connectivity index is 1.47. The summed E-state index contributed by atoms with van der Waals surface area (Å²) in [5.74, 6) is 0.743. The van der Waals surface area contributed by atoms with Gasteiger partial charge in [-0.15, -0.1) is 0 Å². The third-order valence-corrected chi connectivity index (χ3v) is 7.58. The van der Waals surface area contributed by atoms with Crippen LogP contribution in [0.2, 0.25) is 5.02 Å². The van der Waals surface area contributed by atoms with Crippen LogP contribution < -0.4 is 10.1 Å². The highest BCUT2D eigenvalue weighted by Gasteiger charge is 2.31. The number of hydrogen-bond acceptors (Lipinski definition) is 3. The van der Waals surface area contributed by atoms with Gasteiger partial charge in [-0.1, -0.05) is 54.1 Å². The summed E-state index contributed by atoms with van der Waals surface area (Å²) in [6, 6.07) is 24.4. The number of amides is 1. The van der Waals surface area contributed by atoms with Crippen LogP contribution in [-0.4, -0.2) is 36.3 Å². The van der Waals surface area contributed by atoms with Crippen LogP contribution in [0.3, 0.4) is 0 Å². The first-order chi connectivity index (χ1) is 17.9. The van der Waals surface area contributed by atoms with E-state index < -0.39 is 0 Å². The number of nitrogens with one attached hydrogen (secondary N) is 1. The maximum absolute atomic E-state index is 13.2. The Bertz CT molecular complexity index is 1360. The third-order valence-electron chi connectivity index (χ3n) is 7.33. The second-order valence-electron chi connectivity index (χ2n) is 10.1. The fraction of sp³-hybridized carbons (Fsp3) is 0.323. The van der Waals surface area contributed by atoms with Gasteiger partial charge in [0.15, 0.2) is 0 Å². The number of halogens is 1. The molecule has 3 aromatic carbocycles. The number of aromatic nitrogens is 1. The summed E-state index contributed by atoms with van der Waals surface area (Å²) in [7, 11) is 1.68. The quantitative estimate of drug-likeness (QED) is 0.274. The van der Waals surface area contributed by atoms with Crippen LogP contribution in [0.4, 0.5) is 0 Å². The van der Waals surface area contributed by atoms with Crippen molar-refractivity contribution >= 4 is 28.4 Å². The van der Waals surface area contributed by atoms with Crippen molar-refractivity contribution in [2.45, 2.75) is 44.2 Å². The molecule has 5 nitrogen and oxygen atoms in total. The Morgan fingerprint density at radius 1 is 1.11 bits per heavy atom. The molecule has 2 heterocycles. The molecule has 0 unspecified atom stereocenters. The zero-order valence-electron chi connectivity index (χ0n) is 21.4. The van der Waals surface area contributed by atoms with E-state index in [9.17, 15) is 4.79 Å². The van der Waals surface area contributed by atoms with Crippen molar-refractivity contribution in [1.82, 2.24) is 9.88 Å². The summed E-state index contributed by atoms with van der Waals surface area (Å²) in [6.45, 7) is 4.08. The smallest absolute Gasteiger partial charge is 0.221 e. The molecular weight excluding hydrogens is 484 g/mol. The molecule has 0 saturated carbocycles. The van der Waals surface area contributed by atoms with Crippen LogP contribution >= 0.6 is 11.6 Å². The largest absolute Gasteiger partial charge is 0.497 e. The van der Waals surface area contributed by atoms with Crippen molar-refractivity contribution in [3.05, 3.63) is 101 Å². The molecule has 0 radical (unpaired) electrons. The standard InChI is InChI=1S/C31H33ClN2O3/c1-31(16-5-17-37-31)21-33-30(35)18-27(23-10-12-24(32)13-11-23)28-20-34(29-7-4-3-6-26(28)29)19-22-8-14-25(36-2)15-9-22/h3-4,6-15,20,27H,5,16-19,21H2,1-2H3,(H,33,35)/t27-,31+/m1/s1. The van der Waals surface area contributed by atoms with E-state index in [1.807, 2.05) is 36.4 Å². The lowest BCUT2D eigenvalue weighted by Gasteiger charge is -2.24. The van der Waals surface area contributed by atoms with E-state index in [1.165, 1.54) is 5.56 Å².